The Kier molecular flexibility index (Phi) is 6.21. The molecule has 1 unspecified atom stereocenters. The number of nitrogens with zero attached hydrogens (tertiary/aromatic N) is 2. The highest BCUT2D eigenvalue weighted by atomic mass is 19.1. The Labute approximate surface area is 136 Å². The van der Waals surface area contributed by atoms with Crippen LogP contribution in [0, 0.1) is 0 Å². The van der Waals surface area contributed by atoms with Crippen LogP contribution in [0.4, 0.5) is 9.18 Å². The maximum Gasteiger partial charge on any atom is 0.409 e. The monoisotopic (exact) mass is 330 g/mol. The van der Waals surface area contributed by atoms with Crippen molar-refractivity contribution in [3.63, 3.8) is 0 Å². The molecule has 0 N–H and O–H groups in total. The van der Waals surface area contributed by atoms with Crippen LogP contribution in [0.5, 0.6) is 0 Å². The van der Waals surface area contributed by atoms with Crippen molar-refractivity contribution >= 4 is 12.1 Å². The Morgan fingerprint density at radius 2 is 1.87 bits per heavy atom. The topological polar surface area (TPSA) is 59.1 Å². The molecule has 2 aliphatic heterocycles. The van der Waals surface area contributed by atoms with Crippen molar-refractivity contribution in [3.05, 3.63) is 0 Å². The first-order valence-electron chi connectivity index (χ1n) is 8.43. The van der Waals surface area contributed by atoms with E-state index < -0.39 is 11.6 Å². The van der Waals surface area contributed by atoms with E-state index in [9.17, 15) is 14.0 Å². The van der Waals surface area contributed by atoms with Crippen molar-refractivity contribution in [2.24, 2.45) is 0 Å². The molecule has 6 nitrogen and oxygen atoms in total. The molecule has 2 saturated heterocycles. The second-order valence-corrected chi connectivity index (χ2v) is 6.26. The molecular formula is C16H27FN2O4. The number of carbonyl (C=O) groups is 2. The second kappa shape index (κ2) is 7.95. The lowest BCUT2D eigenvalue weighted by Crippen LogP contribution is -2.50. The lowest BCUT2D eigenvalue weighted by atomic mass is 9.91. The SMILES string of the molecule is CCOC(=O)N1CCCC(N2CCC(F)(C(=O)OC)CC2)CC1. The van der Waals surface area contributed by atoms with Gasteiger partial charge in [0, 0.05) is 45.1 Å². The smallest absolute Gasteiger partial charge is 0.409 e. The number of amides is 1. The van der Waals surface area contributed by atoms with Crippen molar-refractivity contribution in [2.45, 2.75) is 50.7 Å². The Morgan fingerprint density at radius 1 is 1.17 bits per heavy atom. The minimum Gasteiger partial charge on any atom is -0.467 e. The van der Waals surface area contributed by atoms with Gasteiger partial charge in [0.1, 0.15) is 0 Å². The van der Waals surface area contributed by atoms with Gasteiger partial charge in [0.25, 0.3) is 0 Å². The fourth-order valence-electron chi connectivity index (χ4n) is 3.47. The number of hydrogen-bond donors (Lipinski definition) is 0. The molecule has 2 heterocycles. The highest BCUT2D eigenvalue weighted by Gasteiger charge is 2.44. The molecule has 0 bridgehead atoms. The van der Waals surface area contributed by atoms with Crippen LogP contribution >= 0.6 is 0 Å². The van der Waals surface area contributed by atoms with E-state index in [4.69, 9.17) is 4.74 Å². The Bertz CT molecular complexity index is 424. The van der Waals surface area contributed by atoms with Gasteiger partial charge in [-0.1, -0.05) is 0 Å². The van der Waals surface area contributed by atoms with Crippen molar-refractivity contribution in [1.82, 2.24) is 9.80 Å². The minimum absolute atomic E-state index is 0.178. The van der Waals surface area contributed by atoms with E-state index >= 15 is 0 Å². The van der Waals surface area contributed by atoms with Gasteiger partial charge in [-0.25, -0.2) is 14.0 Å². The molecule has 2 aliphatic rings. The molecule has 0 aromatic rings. The summed E-state index contributed by atoms with van der Waals surface area (Å²) < 4.78 is 24.1. The Balaban J connectivity index is 1.85. The molecule has 2 rings (SSSR count). The third-order valence-corrected chi connectivity index (χ3v) is 4.88. The predicted octanol–water partition coefficient (Wildman–Crippen LogP) is 1.97. The molecule has 0 aromatic carbocycles. The first kappa shape index (κ1) is 18.0. The van der Waals surface area contributed by atoms with E-state index in [-0.39, 0.29) is 18.9 Å². The van der Waals surface area contributed by atoms with Crippen LogP contribution in [0.15, 0.2) is 0 Å². The van der Waals surface area contributed by atoms with Crippen LogP contribution < -0.4 is 0 Å². The average molecular weight is 330 g/mol. The average Bonchev–Trinajstić information content (AvgIpc) is 2.81. The van der Waals surface area contributed by atoms with Crippen LogP contribution in [0.25, 0.3) is 0 Å². The van der Waals surface area contributed by atoms with Gasteiger partial charge in [-0.2, -0.15) is 0 Å². The van der Waals surface area contributed by atoms with Crippen molar-refractivity contribution in [2.75, 3.05) is 39.9 Å². The summed E-state index contributed by atoms with van der Waals surface area (Å²) in [5.41, 5.74) is -1.84. The number of esters is 1. The summed E-state index contributed by atoms with van der Waals surface area (Å²) in [5.74, 6) is -0.758. The molecule has 0 aliphatic carbocycles. The molecule has 0 saturated carbocycles. The largest absolute Gasteiger partial charge is 0.467 e. The second-order valence-electron chi connectivity index (χ2n) is 6.26. The van der Waals surface area contributed by atoms with E-state index in [1.54, 1.807) is 11.8 Å². The molecular weight excluding hydrogens is 303 g/mol. The number of carbonyl (C=O) groups excluding carboxylic acids is 2. The van der Waals surface area contributed by atoms with Crippen LogP contribution in [0.1, 0.15) is 39.0 Å². The third kappa shape index (κ3) is 4.34. The summed E-state index contributed by atoms with van der Waals surface area (Å²) >= 11 is 0. The fourth-order valence-corrected chi connectivity index (χ4v) is 3.47. The first-order valence-corrected chi connectivity index (χ1v) is 8.43. The number of halogens is 1. The van der Waals surface area contributed by atoms with E-state index in [1.165, 1.54) is 7.11 Å². The number of alkyl halides is 1. The zero-order valence-corrected chi connectivity index (χ0v) is 14.1. The molecule has 7 heteroatoms. The summed E-state index contributed by atoms with van der Waals surface area (Å²) in [7, 11) is 1.23. The highest BCUT2D eigenvalue weighted by molar-refractivity contribution is 5.79. The summed E-state index contributed by atoms with van der Waals surface area (Å²) in [6.45, 7) is 4.66. The standard InChI is InChI=1S/C16H27FN2O4/c1-3-23-15(21)19-9-4-5-13(6-10-19)18-11-7-16(17,8-12-18)14(20)22-2/h13H,3-12H2,1-2H3. The molecule has 0 aromatic heterocycles. The third-order valence-electron chi connectivity index (χ3n) is 4.88. The zero-order chi connectivity index (χ0) is 16.9. The first-order chi connectivity index (χ1) is 11.0. The van der Waals surface area contributed by atoms with Crippen molar-refractivity contribution in [1.29, 1.82) is 0 Å². The lowest BCUT2D eigenvalue weighted by Gasteiger charge is -2.38. The zero-order valence-electron chi connectivity index (χ0n) is 14.1. The number of likely N-dealkylation sites (tertiary alicyclic amines) is 2. The molecule has 132 valence electrons. The quantitative estimate of drug-likeness (QED) is 0.741. The normalized spacial score (nSPS) is 25.5. The van der Waals surface area contributed by atoms with Crippen LogP contribution in [-0.2, 0) is 14.3 Å². The van der Waals surface area contributed by atoms with Crippen LogP contribution in [0.2, 0.25) is 0 Å². The van der Waals surface area contributed by atoms with Gasteiger partial charge in [0.15, 0.2) is 0 Å². The van der Waals surface area contributed by atoms with Gasteiger partial charge in [0.05, 0.1) is 13.7 Å². The van der Waals surface area contributed by atoms with Gasteiger partial charge in [-0.05, 0) is 26.2 Å². The van der Waals surface area contributed by atoms with Gasteiger partial charge >= 0.3 is 12.1 Å². The Morgan fingerprint density at radius 3 is 2.48 bits per heavy atom. The minimum atomic E-state index is -1.84. The maximum absolute atomic E-state index is 14.5. The highest BCUT2D eigenvalue weighted by Crippen LogP contribution is 2.30. The fraction of sp³-hybridized carbons (Fsp3) is 0.875. The molecule has 23 heavy (non-hydrogen) atoms. The lowest BCUT2D eigenvalue weighted by molar-refractivity contribution is -0.158. The maximum atomic E-state index is 14.5. The number of hydrogen-bond acceptors (Lipinski definition) is 5. The number of piperidine rings is 1. The van der Waals surface area contributed by atoms with Gasteiger partial charge in [-0.15, -0.1) is 0 Å². The summed E-state index contributed by atoms with van der Waals surface area (Å²) in [6.07, 6.45) is 2.86. The van der Waals surface area contributed by atoms with Crippen LogP contribution in [0.3, 0.4) is 0 Å². The molecule has 1 atom stereocenters. The van der Waals surface area contributed by atoms with E-state index in [0.717, 1.165) is 19.3 Å². The molecule has 1 amide bonds. The van der Waals surface area contributed by atoms with E-state index in [0.29, 0.717) is 38.8 Å². The molecule has 0 spiro atoms. The Hall–Kier alpha value is -1.37. The summed E-state index contributed by atoms with van der Waals surface area (Å²) in [6, 6.07) is 0.330. The molecule has 2 fully saturated rings. The van der Waals surface area contributed by atoms with Gasteiger partial charge in [0.2, 0.25) is 5.67 Å². The van der Waals surface area contributed by atoms with Gasteiger partial charge in [-0.3, -0.25) is 0 Å². The number of ether oxygens (including phenoxy) is 2. The molecule has 0 radical (unpaired) electrons. The van der Waals surface area contributed by atoms with E-state index in [1.807, 2.05) is 0 Å². The van der Waals surface area contributed by atoms with Crippen molar-refractivity contribution in [3.8, 4) is 0 Å². The number of methoxy groups -OCH3 is 1. The van der Waals surface area contributed by atoms with Crippen LogP contribution in [-0.4, -0.2) is 73.5 Å². The van der Waals surface area contributed by atoms with Gasteiger partial charge < -0.3 is 19.3 Å². The number of rotatable bonds is 3. The summed E-state index contributed by atoms with van der Waals surface area (Å²) in [4.78, 5) is 27.3. The van der Waals surface area contributed by atoms with Crippen molar-refractivity contribution < 1.29 is 23.5 Å². The predicted molar refractivity (Wildman–Crippen MR) is 82.9 cm³/mol. The summed E-state index contributed by atoms with van der Waals surface area (Å²) in [5, 5.41) is 0. The van der Waals surface area contributed by atoms with E-state index in [2.05, 4.69) is 9.64 Å².